The summed E-state index contributed by atoms with van der Waals surface area (Å²) in [5.74, 6) is 1.40. The highest BCUT2D eigenvalue weighted by Crippen LogP contribution is 2.21. The van der Waals surface area contributed by atoms with Gasteiger partial charge in [-0.1, -0.05) is 71.6 Å². The van der Waals surface area contributed by atoms with Crippen LogP contribution in [0.2, 0.25) is 0 Å². The summed E-state index contributed by atoms with van der Waals surface area (Å²) in [5, 5.41) is 0.239. The average Bonchev–Trinajstić information content (AvgIpc) is 2.42. The quantitative estimate of drug-likeness (QED) is 0.836. The Hall–Kier alpha value is 0.110. The molecule has 1 saturated carbocycles. The first kappa shape index (κ1) is 18.2. The molecule has 0 amide bonds. The van der Waals surface area contributed by atoms with E-state index < -0.39 is 10.8 Å². The molecule has 3 heteroatoms. The largest absolute Gasteiger partial charge is 0.327 e. The molecule has 0 heterocycles. The lowest BCUT2D eigenvalue weighted by molar-refractivity contribution is 0.465. The number of hydrogen-bond acceptors (Lipinski definition) is 2. The first-order valence-electron chi connectivity index (χ1n) is 8.78. The first-order chi connectivity index (χ1) is 9.65. The molecule has 1 fully saturated rings. The van der Waals surface area contributed by atoms with Crippen molar-refractivity contribution >= 4 is 10.8 Å². The molecular formula is C17H35NOS. The van der Waals surface area contributed by atoms with Crippen LogP contribution in [0, 0.1) is 5.92 Å². The van der Waals surface area contributed by atoms with Gasteiger partial charge < -0.3 is 5.73 Å². The van der Waals surface area contributed by atoms with Crippen LogP contribution in [0.15, 0.2) is 0 Å². The maximum atomic E-state index is 12.6. The Morgan fingerprint density at radius 3 is 2.05 bits per heavy atom. The van der Waals surface area contributed by atoms with Gasteiger partial charge in [0.1, 0.15) is 0 Å². The van der Waals surface area contributed by atoms with Crippen LogP contribution in [-0.4, -0.2) is 21.3 Å². The highest BCUT2D eigenvalue weighted by Gasteiger charge is 2.24. The highest BCUT2D eigenvalue weighted by atomic mass is 32.2. The smallest absolute Gasteiger partial charge is 0.0499 e. The summed E-state index contributed by atoms with van der Waals surface area (Å²) in [6.07, 6.45) is 13.8. The molecule has 0 bridgehead atoms. The van der Waals surface area contributed by atoms with Gasteiger partial charge in [0.2, 0.25) is 0 Å². The fourth-order valence-electron chi connectivity index (χ4n) is 3.03. The molecule has 2 N–H and O–H groups in total. The van der Waals surface area contributed by atoms with Gasteiger partial charge in [0.25, 0.3) is 0 Å². The Labute approximate surface area is 128 Å². The molecule has 2 nitrogen and oxygen atoms in total. The molecule has 120 valence electrons. The van der Waals surface area contributed by atoms with Gasteiger partial charge in [0.05, 0.1) is 0 Å². The van der Waals surface area contributed by atoms with Gasteiger partial charge in [-0.3, -0.25) is 4.21 Å². The van der Waals surface area contributed by atoms with Crippen LogP contribution in [-0.2, 0) is 10.8 Å². The van der Waals surface area contributed by atoms with Crippen molar-refractivity contribution in [2.24, 2.45) is 11.7 Å². The second-order valence-corrected chi connectivity index (χ2v) is 8.37. The standard InChI is InChI=1S/C17H35NOS/c1-3-15(2)14-20(19)17-13-11-9-7-5-4-6-8-10-12-16(17)18/h15-17H,3-14,18H2,1-2H3. The minimum atomic E-state index is -0.734. The van der Waals surface area contributed by atoms with E-state index in [2.05, 4.69) is 13.8 Å². The second kappa shape index (κ2) is 10.8. The van der Waals surface area contributed by atoms with Gasteiger partial charge in [-0.2, -0.15) is 0 Å². The molecule has 0 aromatic rings. The SMILES string of the molecule is CCC(C)CS(=O)C1CCCCCCCCCCC1N. The van der Waals surface area contributed by atoms with Crippen molar-refractivity contribution in [1.82, 2.24) is 0 Å². The maximum absolute atomic E-state index is 12.6. The topological polar surface area (TPSA) is 43.1 Å². The van der Waals surface area contributed by atoms with Crippen LogP contribution in [0.5, 0.6) is 0 Å². The zero-order valence-corrected chi connectivity index (χ0v) is 14.4. The number of rotatable bonds is 4. The maximum Gasteiger partial charge on any atom is 0.0499 e. The minimum Gasteiger partial charge on any atom is -0.327 e. The Kier molecular flexibility index (Phi) is 9.79. The van der Waals surface area contributed by atoms with Crippen LogP contribution in [0.1, 0.15) is 84.5 Å². The Morgan fingerprint density at radius 1 is 1.00 bits per heavy atom. The van der Waals surface area contributed by atoms with Crippen molar-refractivity contribution < 1.29 is 4.21 Å². The van der Waals surface area contributed by atoms with Crippen molar-refractivity contribution in [1.29, 1.82) is 0 Å². The van der Waals surface area contributed by atoms with Gasteiger partial charge in [-0.05, 0) is 18.8 Å². The summed E-state index contributed by atoms with van der Waals surface area (Å²) < 4.78 is 12.6. The zero-order chi connectivity index (χ0) is 14.8. The minimum absolute atomic E-state index is 0.152. The summed E-state index contributed by atoms with van der Waals surface area (Å²) in [4.78, 5) is 0. The van der Waals surface area contributed by atoms with Gasteiger partial charge in [0.15, 0.2) is 0 Å². The molecule has 20 heavy (non-hydrogen) atoms. The summed E-state index contributed by atoms with van der Waals surface area (Å²) in [7, 11) is -0.734. The Balaban J connectivity index is 2.53. The fourth-order valence-corrected chi connectivity index (χ4v) is 5.03. The molecular weight excluding hydrogens is 266 g/mol. The predicted molar refractivity (Wildman–Crippen MR) is 90.4 cm³/mol. The lowest BCUT2D eigenvalue weighted by Crippen LogP contribution is -2.39. The van der Waals surface area contributed by atoms with Crippen molar-refractivity contribution in [3.8, 4) is 0 Å². The van der Waals surface area contributed by atoms with Crippen molar-refractivity contribution in [3.63, 3.8) is 0 Å². The molecule has 0 spiro atoms. The van der Waals surface area contributed by atoms with Crippen molar-refractivity contribution in [2.75, 3.05) is 5.75 Å². The molecule has 1 rings (SSSR count). The molecule has 0 aromatic heterocycles. The molecule has 0 saturated heterocycles. The number of hydrogen-bond donors (Lipinski definition) is 1. The molecule has 1 aliphatic carbocycles. The lowest BCUT2D eigenvalue weighted by Gasteiger charge is -2.25. The number of nitrogens with two attached hydrogens (primary N) is 1. The van der Waals surface area contributed by atoms with E-state index in [-0.39, 0.29) is 11.3 Å². The van der Waals surface area contributed by atoms with Crippen LogP contribution in [0.4, 0.5) is 0 Å². The van der Waals surface area contributed by atoms with E-state index in [0.717, 1.165) is 25.0 Å². The normalized spacial score (nSPS) is 29.9. The van der Waals surface area contributed by atoms with Gasteiger partial charge in [-0.15, -0.1) is 0 Å². The van der Waals surface area contributed by atoms with Crippen molar-refractivity contribution in [2.45, 2.75) is 95.8 Å². The molecule has 0 aromatic carbocycles. The van der Waals surface area contributed by atoms with Crippen LogP contribution in [0.25, 0.3) is 0 Å². The van der Waals surface area contributed by atoms with Gasteiger partial charge in [-0.25, -0.2) is 0 Å². The third-order valence-corrected chi connectivity index (χ3v) is 6.90. The Bertz CT molecular complexity index is 270. The molecule has 0 aliphatic heterocycles. The van der Waals surface area contributed by atoms with E-state index in [4.69, 9.17) is 5.73 Å². The van der Waals surface area contributed by atoms with E-state index in [0.29, 0.717) is 5.92 Å². The second-order valence-electron chi connectivity index (χ2n) is 6.67. The van der Waals surface area contributed by atoms with Crippen LogP contribution < -0.4 is 5.73 Å². The summed E-state index contributed by atoms with van der Waals surface area (Å²) >= 11 is 0. The van der Waals surface area contributed by atoms with E-state index in [1.807, 2.05) is 0 Å². The van der Waals surface area contributed by atoms with Gasteiger partial charge in [0, 0.05) is 27.8 Å². The summed E-state index contributed by atoms with van der Waals surface area (Å²) in [6.45, 7) is 4.39. The van der Waals surface area contributed by atoms with Gasteiger partial charge >= 0.3 is 0 Å². The molecule has 4 atom stereocenters. The van der Waals surface area contributed by atoms with E-state index in [1.165, 1.54) is 51.4 Å². The van der Waals surface area contributed by atoms with Crippen molar-refractivity contribution in [3.05, 3.63) is 0 Å². The van der Waals surface area contributed by atoms with E-state index >= 15 is 0 Å². The Morgan fingerprint density at radius 2 is 1.50 bits per heavy atom. The first-order valence-corrected chi connectivity index (χ1v) is 10.2. The third kappa shape index (κ3) is 7.21. The monoisotopic (exact) mass is 301 g/mol. The average molecular weight is 302 g/mol. The summed E-state index contributed by atoms with van der Waals surface area (Å²) in [6, 6.07) is 0.152. The zero-order valence-electron chi connectivity index (χ0n) is 13.6. The fraction of sp³-hybridized carbons (Fsp3) is 1.00. The predicted octanol–water partition coefficient (Wildman–Crippen LogP) is 4.39. The van der Waals surface area contributed by atoms with Crippen LogP contribution >= 0.6 is 0 Å². The van der Waals surface area contributed by atoms with E-state index in [1.54, 1.807) is 0 Å². The molecule has 0 radical (unpaired) electrons. The van der Waals surface area contributed by atoms with E-state index in [9.17, 15) is 4.21 Å². The summed E-state index contributed by atoms with van der Waals surface area (Å²) in [5.41, 5.74) is 6.38. The molecule has 4 unspecified atom stereocenters. The third-order valence-electron chi connectivity index (χ3n) is 4.74. The lowest BCUT2D eigenvalue weighted by atomic mass is 9.98. The molecule has 1 aliphatic rings. The highest BCUT2D eigenvalue weighted by molar-refractivity contribution is 7.85. The van der Waals surface area contributed by atoms with Crippen LogP contribution in [0.3, 0.4) is 0 Å².